The number of aryl methyl sites for hydroxylation is 1. The van der Waals surface area contributed by atoms with E-state index in [9.17, 15) is 19.2 Å². The third-order valence-corrected chi connectivity index (χ3v) is 5.60. The number of fused-ring (bicyclic) bond motifs is 1. The van der Waals surface area contributed by atoms with Gasteiger partial charge in [0, 0.05) is 38.6 Å². The minimum atomic E-state index is -0.707. The van der Waals surface area contributed by atoms with Gasteiger partial charge in [-0.05, 0) is 58.2 Å². The van der Waals surface area contributed by atoms with Crippen molar-refractivity contribution in [3.05, 3.63) is 34.2 Å². The summed E-state index contributed by atoms with van der Waals surface area (Å²) in [5.74, 6) is 5.39. The first-order valence-corrected chi connectivity index (χ1v) is 12.1. The molecule has 1 aliphatic rings. The van der Waals surface area contributed by atoms with E-state index in [1.807, 2.05) is 32.9 Å². The van der Waals surface area contributed by atoms with E-state index in [1.165, 1.54) is 9.13 Å². The summed E-state index contributed by atoms with van der Waals surface area (Å²) >= 11 is 0. The summed E-state index contributed by atoms with van der Waals surface area (Å²) in [5.41, 5.74) is 1.25. The van der Waals surface area contributed by atoms with E-state index < -0.39 is 23.6 Å². The van der Waals surface area contributed by atoms with Crippen molar-refractivity contribution in [2.45, 2.75) is 64.5 Å². The van der Waals surface area contributed by atoms with E-state index in [-0.39, 0.29) is 18.0 Å². The molecule has 1 aromatic heterocycles. The Labute approximate surface area is 210 Å². The molecule has 2 heterocycles. The average molecular weight is 499 g/mol. The summed E-state index contributed by atoms with van der Waals surface area (Å²) in [7, 11) is 1.65. The largest absolute Gasteiger partial charge is 0.444 e. The van der Waals surface area contributed by atoms with Crippen LogP contribution in [0.2, 0.25) is 0 Å². The first-order chi connectivity index (χ1) is 17.1. The maximum absolute atomic E-state index is 12.8. The van der Waals surface area contributed by atoms with Gasteiger partial charge in [-0.25, -0.2) is 9.59 Å². The predicted octanol–water partition coefficient (Wildman–Crippen LogP) is 2.38. The molecule has 0 aliphatic carbocycles. The van der Waals surface area contributed by atoms with Crippen LogP contribution in [0.15, 0.2) is 23.0 Å². The van der Waals surface area contributed by atoms with Gasteiger partial charge in [-0.2, -0.15) is 0 Å². The van der Waals surface area contributed by atoms with Crippen LogP contribution in [-0.4, -0.2) is 52.4 Å². The van der Waals surface area contributed by atoms with Crippen LogP contribution in [-0.2, 0) is 26.1 Å². The van der Waals surface area contributed by atoms with E-state index >= 15 is 0 Å². The topological polar surface area (TPSA) is 121 Å². The maximum Gasteiger partial charge on any atom is 0.407 e. The number of piperidine rings is 1. The second-order valence-electron chi connectivity index (χ2n) is 9.68. The molecule has 3 rings (SSSR count). The van der Waals surface area contributed by atoms with Crippen LogP contribution in [0.3, 0.4) is 0 Å². The Bertz CT molecular complexity index is 1240. The Morgan fingerprint density at radius 3 is 2.67 bits per heavy atom. The number of imide groups is 1. The van der Waals surface area contributed by atoms with Gasteiger partial charge in [-0.3, -0.25) is 24.0 Å². The van der Waals surface area contributed by atoms with Crippen LogP contribution < -0.4 is 16.3 Å². The number of carbonyl (C=O) groups is 3. The first kappa shape index (κ1) is 27.0. The van der Waals surface area contributed by atoms with Crippen molar-refractivity contribution in [3.8, 4) is 11.8 Å². The molecule has 194 valence electrons. The molecule has 0 spiro atoms. The van der Waals surface area contributed by atoms with E-state index in [4.69, 9.17) is 9.47 Å². The normalized spacial score (nSPS) is 15.8. The van der Waals surface area contributed by atoms with Crippen molar-refractivity contribution in [1.82, 2.24) is 19.8 Å². The number of aromatic nitrogens is 2. The van der Waals surface area contributed by atoms with Gasteiger partial charge in [0.05, 0.1) is 17.6 Å². The molecule has 2 aromatic rings. The van der Waals surface area contributed by atoms with Crippen molar-refractivity contribution < 1.29 is 23.9 Å². The lowest BCUT2D eigenvalue weighted by Crippen LogP contribution is -2.44. The molecule has 1 atom stereocenters. The molecule has 10 heteroatoms. The second-order valence-corrected chi connectivity index (χ2v) is 9.68. The number of alkyl carbamates (subject to hydrolysis) is 1. The third kappa shape index (κ3) is 7.21. The number of nitrogens with zero attached hydrogens (tertiary/aromatic N) is 2. The third-order valence-electron chi connectivity index (χ3n) is 5.60. The molecule has 10 nitrogen and oxygen atoms in total. The van der Waals surface area contributed by atoms with Crippen molar-refractivity contribution in [2.24, 2.45) is 7.05 Å². The maximum atomic E-state index is 12.8. The molecule has 1 aliphatic heterocycles. The standard InChI is InChI=1S/C26H34N4O6/c1-26(2,3)36-24(33)27-14-6-8-16-35-15-7-5-9-18-10-11-19-21(17-18)29(4)25(34)30(19)20-12-13-22(31)28-23(20)32/h10-11,17,20H,6-8,12-16H2,1-4H3,(H,27,33)(H,28,31,32). The summed E-state index contributed by atoms with van der Waals surface area (Å²) in [6, 6.07) is 4.72. The molecule has 2 N–H and O–H groups in total. The van der Waals surface area contributed by atoms with Crippen LogP contribution >= 0.6 is 0 Å². The lowest BCUT2D eigenvalue weighted by atomic mass is 10.1. The van der Waals surface area contributed by atoms with Crippen molar-refractivity contribution >= 4 is 28.9 Å². The number of rotatable bonds is 8. The summed E-state index contributed by atoms with van der Waals surface area (Å²) < 4.78 is 13.7. The molecule has 0 radical (unpaired) electrons. The highest BCUT2D eigenvalue weighted by molar-refractivity contribution is 6.00. The van der Waals surface area contributed by atoms with Gasteiger partial charge in [0.15, 0.2) is 0 Å². The van der Waals surface area contributed by atoms with Crippen LogP contribution in [0, 0.1) is 11.8 Å². The molecule has 1 unspecified atom stereocenters. The predicted molar refractivity (Wildman–Crippen MR) is 134 cm³/mol. The summed E-state index contributed by atoms with van der Waals surface area (Å²) in [6.07, 6.45) is 2.26. The molecular weight excluding hydrogens is 464 g/mol. The van der Waals surface area contributed by atoms with Crippen LogP contribution in [0.1, 0.15) is 64.5 Å². The quantitative estimate of drug-likeness (QED) is 0.328. The number of amides is 3. The number of ether oxygens (including phenoxy) is 2. The zero-order chi connectivity index (χ0) is 26.3. The molecule has 3 amide bonds. The number of benzene rings is 1. The lowest BCUT2D eigenvalue weighted by Gasteiger charge is -2.21. The fraction of sp³-hybridized carbons (Fsp3) is 0.538. The van der Waals surface area contributed by atoms with E-state index in [1.54, 1.807) is 13.1 Å². The zero-order valence-corrected chi connectivity index (χ0v) is 21.3. The van der Waals surface area contributed by atoms with Crippen LogP contribution in [0.25, 0.3) is 11.0 Å². The highest BCUT2D eigenvalue weighted by Crippen LogP contribution is 2.23. The number of hydrogen-bond acceptors (Lipinski definition) is 6. The van der Waals surface area contributed by atoms with E-state index in [2.05, 4.69) is 22.5 Å². The Hall–Kier alpha value is -3.58. The number of imidazole rings is 1. The number of carbonyl (C=O) groups excluding carboxylic acids is 3. The van der Waals surface area contributed by atoms with Crippen LogP contribution in [0.4, 0.5) is 4.79 Å². The van der Waals surface area contributed by atoms with Gasteiger partial charge in [-0.1, -0.05) is 11.8 Å². The fourth-order valence-electron chi connectivity index (χ4n) is 3.89. The molecule has 1 aromatic carbocycles. The highest BCUT2D eigenvalue weighted by atomic mass is 16.6. The summed E-state index contributed by atoms with van der Waals surface area (Å²) in [6.45, 7) is 7.09. The zero-order valence-electron chi connectivity index (χ0n) is 21.3. The molecule has 36 heavy (non-hydrogen) atoms. The minimum Gasteiger partial charge on any atom is -0.444 e. The number of hydrogen-bond donors (Lipinski definition) is 2. The Kier molecular flexibility index (Phi) is 8.93. The second kappa shape index (κ2) is 11.9. The molecule has 1 saturated heterocycles. The van der Waals surface area contributed by atoms with Gasteiger partial charge in [0.2, 0.25) is 11.8 Å². The monoisotopic (exact) mass is 498 g/mol. The highest BCUT2D eigenvalue weighted by Gasteiger charge is 2.31. The SMILES string of the molecule is Cn1c(=O)n(C2CCC(=O)NC2=O)c2ccc(C#CCCOCCCCNC(=O)OC(C)(C)C)cc21. The molecule has 0 saturated carbocycles. The van der Waals surface area contributed by atoms with Gasteiger partial charge in [0.1, 0.15) is 11.6 Å². The van der Waals surface area contributed by atoms with Crippen molar-refractivity contribution in [3.63, 3.8) is 0 Å². The number of unbranched alkanes of at least 4 members (excludes halogenated alkanes) is 1. The van der Waals surface area contributed by atoms with Gasteiger partial charge >= 0.3 is 11.8 Å². The number of nitrogens with one attached hydrogen (secondary N) is 2. The minimum absolute atomic E-state index is 0.202. The van der Waals surface area contributed by atoms with E-state index in [0.29, 0.717) is 43.6 Å². The Morgan fingerprint density at radius 1 is 1.17 bits per heavy atom. The van der Waals surface area contributed by atoms with Crippen molar-refractivity contribution in [1.29, 1.82) is 0 Å². The average Bonchev–Trinajstić information content (AvgIpc) is 3.04. The molecule has 0 bridgehead atoms. The molecular formula is C26H34N4O6. The van der Waals surface area contributed by atoms with Gasteiger partial charge in [0.25, 0.3) is 0 Å². The first-order valence-electron chi connectivity index (χ1n) is 12.1. The van der Waals surface area contributed by atoms with Crippen LogP contribution in [0.5, 0.6) is 0 Å². The van der Waals surface area contributed by atoms with Crippen molar-refractivity contribution in [2.75, 3.05) is 19.8 Å². The lowest BCUT2D eigenvalue weighted by molar-refractivity contribution is -0.135. The smallest absolute Gasteiger partial charge is 0.407 e. The molecule has 1 fully saturated rings. The fourth-order valence-corrected chi connectivity index (χ4v) is 3.89. The Balaban J connectivity index is 1.45. The van der Waals surface area contributed by atoms with Gasteiger partial charge in [-0.15, -0.1) is 0 Å². The van der Waals surface area contributed by atoms with Gasteiger partial charge < -0.3 is 14.8 Å². The summed E-state index contributed by atoms with van der Waals surface area (Å²) in [5, 5.41) is 5.03. The van der Waals surface area contributed by atoms with E-state index in [0.717, 1.165) is 18.4 Å². The summed E-state index contributed by atoms with van der Waals surface area (Å²) in [4.78, 5) is 48.1. The Morgan fingerprint density at radius 2 is 1.94 bits per heavy atom.